The highest BCUT2D eigenvalue weighted by Gasteiger charge is 2.13. The summed E-state index contributed by atoms with van der Waals surface area (Å²) in [5.41, 5.74) is 1.88. The van der Waals surface area contributed by atoms with Crippen LogP contribution in [0.1, 0.15) is 31.2 Å². The molecule has 0 unspecified atom stereocenters. The summed E-state index contributed by atoms with van der Waals surface area (Å²) in [4.78, 5) is 11.7. The fourth-order valence-corrected chi connectivity index (χ4v) is 1.84. The molecule has 0 radical (unpaired) electrons. The normalized spacial score (nSPS) is 15.4. The van der Waals surface area contributed by atoms with Crippen LogP contribution in [-0.2, 0) is 16.1 Å². The smallest absolute Gasteiger partial charge is 0.334 e. The number of allylic oxidation sites excluding steroid dienone is 1. The van der Waals surface area contributed by atoms with Crippen molar-refractivity contribution in [2.45, 2.75) is 32.3 Å². The number of esters is 1. The minimum atomic E-state index is -0.149. The van der Waals surface area contributed by atoms with Crippen LogP contribution in [0.25, 0.3) is 0 Å². The summed E-state index contributed by atoms with van der Waals surface area (Å²) >= 11 is 0. The number of hydrogen-bond acceptors (Lipinski definition) is 2. The molecule has 1 aromatic rings. The fourth-order valence-electron chi connectivity index (χ4n) is 1.84. The minimum Gasteiger partial charge on any atom is -0.457 e. The summed E-state index contributed by atoms with van der Waals surface area (Å²) in [6.07, 6.45) is 6.18. The van der Waals surface area contributed by atoms with Gasteiger partial charge in [-0.1, -0.05) is 36.4 Å². The SMILES string of the molecule is O=C(OCc1ccccc1)C1=CCCCC1. The molecule has 0 fully saturated rings. The van der Waals surface area contributed by atoms with Crippen LogP contribution in [0.4, 0.5) is 0 Å². The molecule has 1 aliphatic rings. The summed E-state index contributed by atoms with van der Waals surface area (Å²) in [5, 5.41) is 0. The maximum atomic E-state index is 11.7. The van der Waals surface area contributed by atoms with Crippen molar-refractivity contribution in [2.24, 2.45) is 0 Å². The summed E-state index contributed by atoms with van der Waals surface area (Å²) < 4.78 is 5.26. The first kappa shape index (κ1) is 10.9. The Morgan fingerprint density at radius 1 is 1.19 bits per heavy atom. The molecule has 1 aliphatic carbocycles. The van der Waals surface area contributed by atoms with Gasteiger partial charge in [0, 0.05) is 5.57 Å². The van der Waals surface area contributed by atoms with E-state index in [1.807, 2.05) is 36.4 Å². The third-order valence-corrected chi connectivity index (χ3v) is 2.77. The molecule has 84 valence electrons. The third kappa shape index (κ3) is 2.96. The minimum absolute atomic E-state index is 0.149. The average molecular weight is 216 g/mol. The number of carbonyl (C=O) groups excluding carboxylic acids is 1. The van der Waals surface area contributed by atoms with Crippen molar-refractivity contribution in [1.29, 1.82) is 0 Å². The van der Waals surface area contributed by atoms with Crippen LogP contribution >= 0.6 is 0 Å². The van der Waals surface area contributed by atoms with Crippen molar-refractivity contribution in [1.82, 2.24) is 0 Å². The summed E-state index contributed by atoms with van der Waals surface area (Å²) in [7, 11) is 0. The second kappa shape index (κ2) is 5.50. The van der Waals surface area contributed by atoms with Crippen molar-refractivity contribution in [3.63, 3.8) is 0 Å². The number of rotatable bonds is 3. The van der Waals surface area contributed by atoms with Gasteiger partial charge in [0.1, 0.15) is 6.61 Å². The van der Waals surface area contributed by atoms with E-state index in [0.717, 1.165) is 30.4 Å². The predicted octanol–water partition coefficient (Wildman–Crippen LogP) is 3.23. The Kier molecular flexibility index (Phi) is 3.76. The van der Waals surface area contributed by atoms with Crippen molar-refractivity contribution >= 4 is 5.97 Å². The van der Waals surface area contributed by atoms with E-state index < -0.39 is 0 Å². The second-order valence-electron chi connectivity index (χ2n) is 4.04. The zero-order valence-electron chi connectivity index (χ0n) is 9.32. The van der Waals surface area contributed by atoms with Gasteiger partial charge in [-0.05, 0) is 31.2 Å². The van der Waals surface area contributed by atoms with Gasteiger partial charge in [-0.2, -0.15) is 0 Å². The first-order valence-electron chi connectivity index (χ1n) is 5.76. The lowest BCUT2D eigenvalue weighted by molar-refractivity contribution is -0.140. The van der Waals surface area contributed by atoms with E-state index >= 15 is 0 Å². The van der Waals surface area contributed by atoms with E-state index in [1.54, 1.807) is 0 Å². The Morgan fingerprint density at radius 2 is 2.00 bits per heavy atom. The van der Waals surface area contributed by atoms with Crippen LogP contribution in [0, 0.1) is 0 Å². The lowest BCUT2D eigenvalue weighted by atomic mass is 10.00. The number of ether oxygens (including phenoxy) is 1. The van der Waals surface area contributed by atoms with Crippen LogP contribution < -0.4 is 0 Å². The topological polar surface area (TPSA) is 26.3 Å². The Hall–Kier alpha value is -1.57. The predicted molar refractivity (Wildman–Crippen MR) is 62.8 cm³/mol. The molecule has 0 heterocycles. The highest BCUT2D eigenvalue weighted by atomic mass is 16.5. The van der Waals surface area contributed by atoms with Crippen LogP contribution in [0.2, 0.25) is 0 Å². The van der Waals surface area contributed by atoms with E-state index in [0.29, 0.717) is 6.61 Å². The van der Waals surface area contributed by atoms with Crippen molar-refractivity contribution in [3.8, 4) is 0 Å². The first-order valence-corrected chi connectivity index (χ1v) is 5.76. The maximum Gasteiger partial charge on any atom is 0.334 e. The monoisotopic (exact) mass is 216 g/mol. The maximum absolute atomic E-state index is 11.7. The van der Waals surface area contributed by atoms with Gasteiger partial charge in [-0.25, -0.2) is 4.79 Å². The molecule has 0 atom stereocenters. The van der Waals surface area contributed by atoms with Crippen LogP contribution in [0.3, 0.4) is 0 Å². The van der Waals surface area contributed by atoms with E-state index in [2.05, 4.69) is 0 Å². The third-order valence-electron chi connectivity index (χ3n) is 2.77. The quantitative estimate of drug-likeness (QED) is 0.725. The average Bonchev–Trinajstić information content (AvgIpc) is 2.38. The van der Waals surface area contributed by atoms with Gasteiger partial charge < -0.3 is 4.74 Å². The molecule has 1 aromatic carbocycles. The number of hydrogen-bond donors (Lipinski definition) is 0. The fraction of sp³-hybridized carbons (Fsp3) is 0.357. The van der Waals surface area contributed by atoms with Crippen LogP contribution in [-0.4, -0.2) is 5.97 Å². The van der Waals surface area contributed by atoms with Crippen molar-refractivity contribution < 1.29 is 9.53 Å². The largest absolute Gasteiger partial charge is 0.457 e. The molecule has 2 nitrogen and oxygen atoms in total. The van der Waals surface area contributed by atoms with E-state index in [9.17, 15) is 4.79 Å². The van der Waals surface area contributed by atoms with E-state index in [-0.39, 0.29) is 5.97 Å². The van der Waals surface area contributed by atoms with Gasteiger partial charge in [0.25, 0.3) is 0 Å². The standard InChI is InChI=1S/C14H16O2/c15-14(13-9-5-2-6-10-13)16-11-12-7-3-1-4-8-12/h1,3-4,7-9H,2,5-6,10-11H2. The van der Waals surface area contributed by atoms with Gasteiger partial charge in [-0.3, -0.25) is 0 Å². The van der Waals surface area contributed by atoms with Gasteiger partial charge in [0.15, 0.2) is 0 Å². The van der Waals surface area contributed by atoms with E-state index in [4.69, 9.17) is 4.74 Å². The van der Waals surface area contributed by atoms with Crippen molar-refractivity contribution in [2.75, 3.05) is 0 Å². The lowest BCUT2D eigenvalue weighted by Gasteiger charge is -2.11. The summed E-state index contributed by atoms with van der Waals surface area (Å²) in [5.74, 6) is -0.149. The summed E-state index contributed by atoms with van der Waals surface area (Å²) in [6, 6.07) is 9.77. The molecule has 0 aliphatic heterocycles. The Bertz CT molecular complexity index is 379. The van der Waals surface area contributed by atoms with Crippen LogP contribution in [0.5, 0.6) is 0 Å². The number of carbonyl (C=O) groups is 1. The molecule has 2 heteroatoms. The molecule has 0 saturated carbocycles. The highest BCUT2D eigenvalue weighted by molar-refractivity contribution is 5.88. The molecule has 0 bridgehead atoms. The summed E-state index contributed by atoms with van der Waals surface area (Å²) in [6.45, 7) is 0.372. The molecule has 0 spiro atoms. The molecular formula is C14H16O2. The van der Waals surface area contributed by atoms with Gasteiger partial charge >= 0.3 is 5.97 Å². The zero-order valence-corrected chi connectivity index (χ0v) is 9.32. The Balaban J connectivity index is 1.86. The molecule has 0 N–H and O–H groups in total. The molecule has 0 aromatic heterocycles. The molecule has 0 amide bonds. The Morgan fingerprint density at radius 3 is 2.69 bits per heavy atom. The molecular weight excluding hydrogens is 200 g/mol. The first-order chi connectivity index (χ1) is 7.86. The molecule has 2 rings (SSSR count). The molecule has 0 saturated heterocycles. The van der Waals surface area contributed by atoms with Crippen LogP contribution in [0.15, 0.2) is 42.0 Å². The second-order valence-corrected chi connectivity index (χ2v) is 4.04. The molecule has 16 heavy (non-hydrogen) atoms. The number of benzene rings is 1. The Labute approximate surface area is 95.9 Å². The van der Waals surface area contributed by atoms with Crippen molar-refractivity contribution in [3.05, 3.63) is 47.5 Å². The van der Waals surface area contributed by atoms with Gasteiger partial charge in [0.2, 0.25) is 0 Å². The zero-order chi connectivity index (χ0) is 11.2. The highest BCUT2D eigenvalue weighted by Crippen LogP contribution is 2.18. The van der Waals surface area contributed by atoms with Gasteiger partial charge in [-0.15, -0.1) is 0 Å². The van der Waals surface area contributed by atoms with Gasteiger partial charge in [0.05, 0.1) is 0 Å². The van der Waals surface area contributed by atoms with E-state index in [1.165, 1.54) is 6.42 Å². The lowest BCUT2D eigenvalue weighted by Crippen LogP contribution is -2.10.